The first-order valence-electron chi connectivity index (χ1n) is 11.8. The Labute approximate surface area is 207 Å². The van der Waals surface area contributed by atoms with Gasteiger partial charge < -0.3 is 20.4 Å². The van der Waals surface area contributed by atoms with Crippen molar-refractivity contribution in [2.75, 3.05) is 0 Å². The minimum Gasteiger partial charge on any atom is -0.505 e. The maximum Gasteiger partial charge on any atom is 0.225 e. The van der Waals surface area contributed by atoms with Crippen molar-refractivity contribution in [2.24, 2.45) is 0 Å². The molecule has 0 fully saturated rings. The van der Waals surface area contributed by atoms with Gasteiger partial charge in [0.1, 0.15) is 12.2 Å². The quantitative estimate of drug-likeness (QED) is 0.259. The van der Waals surface area contributed by atoms with Crippen LogP contribution in [0.5, 0.6) is 0 Å². The molecule has 6 heteroatoms. The minimum atomic E-state index is -1.23. The molecule has 6 nitrogen and oxygen atoms in total. The van der Waals surface area contributed by atoms with E-state index in [1.807, 2.05) is 48.5 Å². The smallest absolute Gasteiger partial charge is 0.225 e. The summed E-state index contributed by atoms with van der Waals surface area (Å²) in [5, 5.41) is 38.9. The van der Waals surface area contributed by atoms with E-state index in [1.165, 1.54) is 12.2 Å². The van der Waals surface area contributed by atoms with Crippen LogP contribution in [0.25, 0.3) is 0 Å². The van der Waals surface area contributed by atoms with Crippen molar-refractivity contribution >= 4 is 11.6 Å². The van der Waals surface area contributed by atoms with Crippen LogP contribution in [0.4, 0.5) is 0 Å². The lowest BCUT2D eigenvalue weighted by Gasteiger charge is -2.26. The number of aliphatic hydroxyl groups excluding tert-OH is 4. The fraction of sp³-hybridized carbons (Fsp3) is 0.379. The van der Waals surface area contributed by atoms with E-state index < -0.39 is 35.3 Å². The van der Waals surface area contributed by atoms with Crippen molar-refractivity contribution in [3.63, 3.8) is 0 Å². The highest BCUT2D eigenvalue weighted by atomic mass is 16.3. The van der Waals surface area contributed by atoms with Gasteiger partial charge in [-0.3, -0.25) is 9.59 Å². The van der Waals surface area contributed by atoms with Crippen molar-refractivity contribution in [1.82, 2.24) is 0 Å². The summed E-state index contributed by atoms with van der Waals surface area (Å²) in [6, 6.07) is 16.1. The maximum absolute atomic E-state index is 11.8. The number of rotatable bonds is 12. The van der Waals surface area contributed by atoms with Gasteiger partial charge in [-0.15, -0.1) is 0 Å². The molecule has 0 aliphatic heterocycles. The molecule has 0 radical (unpaired) electrons. The van der Waals surface area contributed by atoms with Gasteiger partial charge in [0.25, 0.3) is 0 Å². The van der Waals surface area contributed by atoms with Crippen LogP contribution in [0.1, 0.15) is 62.8 Å². The van der Waals surface area contributed by atoms with E-state index in [1.54, 1.807) is 13.8 Å². The molecule has 4 N–H and O–H groups in total. The van der Waals surface area contributed by atoms with Crippen LogP contribution in [0.15, 0.2) is 72.2 Å². The first kappa shape index (κ1) is 28.0. The summed E-state index contributed by atoms with van der Waals surface area (Å²) in [4.78, 5) is 23.6. The second kappa shape index (κ2) is 12.5. The SMILES string of the molecule is CC=C(O)C(=O)C(O)CCc1ccc(C(C)(C)c2ccc(CCC(O)C(=O)C(O)=CC)cc2)cc1. The maximum atomic E-state index is 11.8. The van der Waals surface area contributed by atoms with Gasteiger partial charge in [-0.1, -0.05) is 62.4 Å². The second-order valence-corrected chi connectivity index (χ2v) is 9.20. The van der Waals surface area contributed by atoms with E-state index in [0.29, 0.717) is 12.8 Å². The number of benzene rings is 2. The number of aliphatic hydroxyl groups is 4. The molecule has 2 rings (SSSR count). The zero-order valence-corrected chi connectivity index (χ0v) is 20.9. The molecule has 0 spiro atoms. The average molecular weight is 481 g/mol. The van der Waals surface area contributed by atoms with Crippen LogP contribution in [0, 0.1) is 0 Å². The fourth-order valence-corrected chi connectivity index (χ4v) is 3.84. The number of ketones is 2. The highest BCUT2D eigenvalue weighted by molar-refractivity contribution is 5.96. The molecule has 2 atom stereocenters. The monoisotopic (exact) mass is 480 g/mol. The van der Waals surface area contributed by atoms with Crippen LogP contribution in [-0.4, -0.2) is 44.2 Å². The van der Waals surface area contributed by atoms with Gasteiger partial charge in [0.05, 0.1) is 0 Å². The summed E-state index contributed by atoms with van der Waals surface area (Å²) in [7, 11) is 0. The lowest BCUT2D eigenvalue weighted by atomic mass is 9.77. The highest BCUT2D eigenvalue weighted by Crippen LogP contribution is 2.32. The van der Waals surface area contributed by atoms with Gasteiger partial charge in [-0.25, -0.2) is 0 Å². The van der Waals surface area contributed by atoms with Crippen molar-refractivity contribution in [2.45, 2.75) is 71.0 Å². The zero-order chi connectivity index (χ0) is 26.2. The molecule has 0 aliphatic carbocycles. The molecule has 2 aromatic rings. The first-order valence-corrected chi connectivity index (χ1v) is 11.8. The fourth-order valence-electron chi connectivity index (χ4n) is 3.84. The number of Topliss-reactive ketones (excluding diaryl/α,β-unsaturated/α-hetero) is 2. The summed E-state index contributed by atoms with van der Waals surface area (Å²) in [5.41, 5.74) is 3.94. The third-order valence-electron chi connectivity index (χ3n) is 6.42. The Morgan fingerprint density at radius 3 is 1.31 bits per heavy atom. The number of aryl methyl sites for hydroxylation is 2. The Hall–Kier alpha value is -3.22. The lowest BCUT2D eigenvalue weighted by molar-refractivity contribution is -0.126. The standard InChI is InChI=1S/C29H36O6/c1-5-23(30)27(34)25(32)17-11-19-7-13-21(14-8-19)29(3,4)22-15-9-20(10-16-22)12-18-26(33)28(35)24(31)6-2/h5-10,13-16,25-26,30-33H,11-12,17-18H2,1-4H3. The molecule has 0 saturated heterocycles. The van der Waals surface area contributed by atoms with Crippen LogP contribution < -0.4 is 0 Å². The molecule has 188 valence electrons. The average Bonchev–Trinajstić information content (AvgIpc) is 2.88. The molecule has 0 saturated carbocycles. The number of carbonyl (C=O) groups is 2. The Balaban J connectivity index is 2.00. The Morgan fingerprint density at radius 1 is 0.714 bits per heavy atom. The molecular formula is C29H36O6. The molecule has 0 aromatic heterocycles. The zero-order valence-electron chi connectivity index (χ0n) is 20.9. The van der Waals surface area contributed by atoms with E-state index in [0.717, 1.165) is 22.3 Å². The van der Waals surface area contributed by atoms with E-state index in [-0.39, 0.29) is 18.3 Å². The van der Waals surface area contributed by atoms with Gasteiger partial charge in [-0.2, -0.15) is 0 Å². The molecule has 2 aromatic carbocycles. The summed E-state index contributed by atoms with van der Waals surface area (Å²) < 4.78 is 0. The predicted octanol–water partition coefficient (Wildman–Crippen LogP) is 4.66. The second-order valence-electron chi connectivity index (χ2n) is 9.20. The van der Waals surface area contributed by atoms with Crippen molar-refractivity contribution in [1.29, 1.82) is 0 Å². The molecule has 0 amide bonds. The van der Waals surface area contributed by atoms with E-state index in [4.69, 9.17) is 0 Å². The summed E-state index contributed by atoms with van der Waals surface area (Å²) in [6.07, 6.45) is 1.58. The van der Waals surface area contributed by atoms with Crippen molar-refractivity contribution in [3.8, 4) is 0 Å². The number of hydrogen-bond donors (Lipinski definition) is 4. The van der Waals surface area contributed by atoms with Gasteiger partial charge in [-0.05, 0) is 73.9 Å². The largest absolute Gasteiger partial charge is 0.505 e. The lowest BCUT2D eigenvalue weighted by Crippen LogP contribution is -2.23. The number of carbonyl (C=O) groups excluding carboxylic acids is 2. The van der Waals surface area contributed by atoms with E-state index >= 15 is 0 Å². The van der Waals surface area contributed by atoms with E-state index in [9.17, 15) is 30.0 Å². The molecule has 0 heterocycles. The third-order valence-corrected chi connectivity index (χ3v) is 6.42. The van der Waals surface area contributed by atoms with E-state index in [2.05, 4.69) is 13.8 Å². The predicted molar refractivity (Wildman–Crippen MR) is 136 cm³/mol. The van der Waals surface area contributed by atoms with Crippen LogP contribution in [-0.2, 0) is 27.8 Å². The van der Waals surface area contributed by atoms with Gasteiger partial charge in [0.15, 0.2) is 11.5 Å². The topological polar surface area (TPSA) is 115 Å². The number of hydrogen-bond acceptors (Lipinski definition) is 6. The molecule has 35 heavy (non-hydrogen) atoms. The summed E-state index contributed by atoms with van der Waals surface area (Å²) in [5.74, 6) is -2.16. The minimum absolute atomic E-state index is 0.232. The Kier molecular flexibility index (Phi) is 9.99. The Bertz CT molecular complexity index is 976. The van der Waals surface area contributed by atoms with Crippen LogP contribution in [0.3, 0.4) is 0 Å². The van der Waals surface area contributed by atoms with Gasteiger partial charge in [0, 0.05) is 5.41 Å². The van der Waals surface area contributed by atoms with Crippen LogP contribution in [0.2, 0.25) is 0 Å². The first-order chi connectivity index (χ1) is 16.5. The third kappa shape index (κ3) is 7.38. The number of allylic oxidation sites excluding steroid dienone is 2. The Morgan fingerprint density at radius 2 is 1.03 bits per heavy atom. The van der Waals surface area contributed by atoms with Gasteiger partial charge in [0.2, 0.25) is 11.6 Å². The molecule has 2 unspecified atom stereocenters. The van der Waals surface area contributed by atoms with Crippen molar-refractivity contribution in [3.05, 3.63) is 94.5 Å². The highest BCUT2D eigenvalue weighted by Gasteiger charge is 2.24. The normalized spacial score (nSPS) is 14.5. The van der Waals surface area contributed by atoms with Crippen molar-refractivity contribution < 1.29 is 30.0 Å². The summed E-state index contributed by atoms with van der Waals surface area (Å²) >= 11 is 0. The van der Waals surface area contributed by atoms with Gasteiger partial charge >= 0.3 is 0 Å². The molecule has 0 aliphatic rings. The summed E-state index contributed by atoms with van der Waals surface area (Å²) in [6.45, 7) is 7.34. The molecule has 0 bridgehead atoms. The van der Waals surface area contributed by atoms with Crippen LogP contribution >= 0.6 is 0 Å². The molecular weight excluding hydrogens is 444 g/mol.